The van der Waals surface area contributed by atoms with Gasteiger partial charge in [0.05, 0.1) is 13.1 Å². The summed E-state index contributed by atoms with van der Waals surface area (Å²) in [5.41, 5.74) is 1.58. The summed E-state index contributed by atoms with van der Waals surface area (Å²) >= 11 is 11.7. The first-order chi connectivity index (χ1) is 27.7. The zero-order chi connectivity index (χ0) is 41.2. The molecule has 4 aromatic rings. The molecule has 2 spiro atoms. The van der Waals surface area contributed by atoms with E-state index in [1.54, 1.807) is 0 Å². The van der Waals surface area contributed by atoms with Gasteiger partial charge in [0.1, 0.15) is 23.3 Å². The molecule has 2 aliphatic carbocycles. The molecule has 1 unspecified atom stereocenters. The van der Waals surface area contributed by atoms with Gasteiger partial charge in [0, 0.05) is 44.4 Å². The molecule has 304 valence electrons. The van der Waals surface area contributed by atoms with Crippen molar-refractivity contribution in [3.63, 3.8) is 0 Å². The summed E-state index contributed by atoms with van der Waals surface area (Å²) in [5.74, 6) is -2.47. The van der Waals surface area contributed by atoms with Gasteiger partial charge in [0.15, 0.2) is 11.6 Å². The van der Waals surface area contributed by atoms with E-state index in [4.69, 9.17) is 23.2 Å². The molecule has 2 amide bonds. The molecule has 14 heteroatoms. The Labute approximate surface area is 343 Å². The molecule has 4 aliphatic rings. The van der Waals surface area contributed by atoms with Crippen molar-refractivity contribution < 1.29 is 36.7 Å². The van der Waals surface area contributed by atoms with Crippen molar-refractivity contribution in [2.75, 3.05) is 39.3 Å². The molecule has 2 atom stereocenters. The van der Waals surface area contributed by atoms with Gasteiger partial charge in [-0.05, 0) is 160 Å². The Morgan fingerprint density at radius 3 is 1.19 bits per heavy atom. The van der Waals surface area contributed by atoms with Gasteiger partial charge in [-0.15, -0.1) is 0 Å². The Hall–Kier alpha value is -4.62. The predicted molar refractivity (Wildman–Crippen MR) is 212 cm³/mol. The Bertz CT molecular complexity index is 2000. The Balaban J connectivity index is 0.000000177. The molecule has 0 aromatic heterocycles. The van der Waals surface area contributed by atoms with E-state index >= 15 is 0 Å². The molecule has 0 radical (unpaired) electrons. The monoisotopic (exact) mass is 836 g/mol. The van der Waals surface area contributed by atoms with E-state index in [1.165, 1.54) is 84.9 Å². The van der Waals surface area contributed by atoms with Crippen molar-refractivity contribution in [3.05, 3.63) is 140 Å². The Morgan fingerprint density at radius 2 is 0.862 bits per heavy atom. The fourth-order valence-electron chi connectivity index (χ4n) is 8.23. The van der Waals surface area contributed by atoms with Gasteiger partial charge in [0.25, 0.3) is 11.8 Å². The van der Waals surface area contributed by atoms with E-state index < -0.39 is 11.6 Å². The molecule has 8 nitrogen and oxygen atoms in total. The average molecular weight is 838 g/mol. The zero-order valence-electron chi connectivity index (χ0n) is 31.5. The van der Waals surface area contributed by atoms with E-state index in [1.807, 2.05) is 0 Å². The highest BCUT2D eigenvalue weighted by atomic mass is 35.5. The number of halogens is 6. The lowest BCUT2D eigenvalue weighted by molar-refractivity contribution is 0.0865. The van der Waals surface area contributed by atoms with Crippen LogP contribution in [0.2, 0.25) is 10.0 Å². The number of hydrogen-bond donors (Lipinski definition) is 2. The van der Waals surface area contributed by atoms with Crippen LogP contribution >= 0.6 is 23.2 Å². The molecular formula is C44H42Cl2F4N4O4. The minimum atomic E-state index is -0.535. The van der Waals surface area contributed by atoms with Crippen molar-refractivity contribution in [2.24, 2.45) is 10.8 Å². The zero-order valence-corrected chi connectivity index (χ0v) is 33.0. The fourth-order valence-corrected chi connectivity index (χ4v) is 8.68. The van der Waals surface area contributed by atoms with E-state index in [0.29, 0.717) is 24.2 Å². The van der Waals surface area contributed by atoms with Crippen LogP contribution in [0.25, 0.3) is 0 Å². The van der Waals surface area contributed by atoms with Crippen LogP contribution in [0.5, 0.6) is 0 Å². The maximum Gasteiger partial charge on any atom is 0.251 e. The highest BCUT2D eigenvalue weighted by molar-refractivity contribution is 6.31. The molecule has 2 N–H and O–H groups in total. The highest BCUT2D eigenvalue weighted by Gasteiger charge is 2.56. The summed E-state index contributed by atoms with van der Waals surface area (Å²) in [6.07, 6.45) is 5.33. The first-order valence-electron chi connectivity index (χ1n) is 19.3. The molecular weight excluding hydrogens is 795 g/mol. The number of amides is 2. The van der Waals surface area contributed by atoms with E-state index in [-0.39, 0.29) is 79.1 Å². The van der Waals surface area contributed by atoms with Crippen molar-refractivity contribution in [1.82, 2.24) is 20.4 Å². The second-order valence-electron chi connectivity index (χ2n) is 15.9. The molecule has 8 rings (SSSR count). The number of ketones is 2. The first kappa shape index (κ1) is 41.5. The average Bonchev–Trinajstić information content (AvgIpc) is 4.07. The SMILES string of the molecule is O=C(CN1CCC2(CC1)CC2NC(=O)c1cc(F)cc(Cl)c1)c1ccc(F)cc1.O=C(CN1CCC2(CC1)C[C@H]2NC(=O)c1cc(F)cc(Cl)c1)c1ccc(F)cc1. The summed E-state index contributed by atoms with van der Waals surface area (Å²) < 4.78 is 52.9. The summed E-state index contributed by atoms with van der Waals surface area (Å²) in [6, 6.07) is 18.9. The van der Waals surface area contributed by atoms with Gasteiger partial charge < -0.3 is 10.6 Å². The second kappa shape index (κ2) is 17.3. The van der Waals surface area contributed by atoms with Crippen LogP contribution in [0, 0.1) is 34.1 Å². The molecule has 58 heavy (non-hydrogen) atoms. The first-order valence-corrected chi connectivity index (χ1v) is 20.0. The summed E-state index contributed by atoms with van der Waals surface area (Å²) in [7, 11) is 0. The Morgan fingerprint density at radius 1 is 0.517 bits per heavy atom. The standard InChI is InChI=1S/2C22H21ClF2N2O2/c2*23-16-9-15(10-18(25)11-16)21(29)26-20-12-22(20)5-7-27(8-6-22)13-19(28)14-1-3-17(24)4-2-14/h2*1-4,9-11,20H,5-8,12-13H2,(H,26,29)/t20-;/m1./s1. The summed E-state index contributed by atoms with van der Waals surface area (Å²) in [5, 5.41) is 6.36. The number of benzene rings is 4. The van der Waals surface area contributed by atoms with Crippen molar-refractivity contribution in [2.45, 2.75) is 50.6 Å². The number of likely N-dealkylation sites (tertiary alicyclic amines) is 2. The van der Waals surface area contributed by atoms with Gasteiger partial charge in [-0.25, -0.2) is 17.6 Å². The van der Waals surface area contributed by atoms with Crippen LogP contribution in [0.1, 0.15) is 80.0 Å². The lowest BCUT2D eigenvalue weighted by atomic mass is 9.92. The number of carbonyl (C=O) groups is 4. The predicted octanol–water partition coefficient (Wildman–Crippen LogP) is 8.17. The number of nitrogens with one attached hydrogen (secondary N) is 2. The molecule has 4 fully saturated rings. The van der Waals surface area contributed by atoms with E-state index in [2.05, 4.69) is 20.4 Å². The smallest absolute Gasteiger partial charge is 0.251 e. The maximum atomic E-state index is 13.5. The summed E-state index contributed by atoms with van der Waals surface area (Å²) in [4.78, 5) is 53.7. The van der Waals surface area contributed by atoms with Crippen molar-refractivity contribution in [3.8, 4) is 0 Å². The topological polar surface area (TPSA) is 98.8 Å². The number of nitrogens with zero attached hydrogens (tertiary/aromatic N) is 2. The van der Waals surface area contributed by atoms with Crippen LogP contribution in [-0.4, -0.2) is 84.5 Å². The van der Waals surface area contributed by atoms with Crippen LogP contribution < -0.4 is 10.6 Å². The molecule has 2 aliphatic heterocycles. The normalized spacial score (nSPS) is 20.4. The van der Waals surface area contributed by atoms with Crippen LogP contribution in [-0.2, 0) is 0 Å². The van der Waals surface area contributed by atoms with Gasteiger partial charge >= 0.3 is 0 Å². The minimum absolute atomic E-state index is 0.0235. The van der Waals surface area contributed by atoms with Crippen LogP contribution in [0.3, 0.4) is 0 Å². The molecule has 2 saturated carbocycles. The molecule has 2 heterocycles. The number of hydrogen-bond acceptors (Lipinski definition) is 6. The molecule has 0 bridgehead atoms. The number of rotatable bonds is 10. The number of Topliss-reactive ketones (excluding diaryl/α,β-unsaturated/α-hetero) is 2. The van der Waals surface area contributed by atoms with Gasteiger partial charge in [-0.1, -0.05) is 23.2 Å². The third-order valence-electron chi connectivity index (χ3n) is 12.0. The van der Waals surface area contributed by atoms with Gasteiger partial charge in [-0.3, -0.25) is 29.0 Å². The van der Waals surface area contributed by atoms with E-state index in [9.17, 15) is 36.7 Å². The van der Waals surface area contributed by atoms with Crippen LogP contribution in [0.4, 0.5) is 17.6 Å². The van der Waals surface area contributed by atoms with E-state index in [0.717, 1.165) is 64.7 Å². The number of piperidine rings is 2. The van der Waals surface area contributed by atoms with Gasteiger partial charge in [0.2, 0.25) is 0 Å². The van der Waals surface area contributed by atoms with Crippen molar-refractivity contribution >= 4 is 46.6 Å². The Kier molecular flexibility index (Phi) is 12.4. The third-order valence-corrected chi connectivity index (χ3v) is 12.4. The lowest BCUT2D eigenvalue weighted by Gasteiger charge is -2.32. The number of carbonyl (C=O) groups excluding carboxylic acids is 4. The molecule has 4 aromatic carbocycles. The highest BCUT2D eigenvalue weighted by Crippen LogP contribution is 2.55. The van der Waals surface area contributed by atoms with Crippen LogP contribution in [0.15, 0.2) is 84.9 Å². The second-order valence-corrected chi connectivity index (χ2v) is 16.8. The quantitative estimate of drug-likeness (QED) is 0.124. The van der Waals surface area contributed by atoms with Gasteiger partial charge in [-0.2, -0.15) is 0 Å². The lowest BCUT2D eigenvalue weighted by Crippen LogP contribution is -2.41. The third kappa shape index (κ3) is 10.1. The fraction of sp³-hybridized carbons (Fsp3) is 0.364. The molecule has 2 saturated heterocycles. The van der Waals surface area contributed by atoms with Crippen molar-refractivity contribution in [1.29, 1.82) is 0 Å². The maximum absolute atomic E-state index is 13.5. The summed E-state index contributed by atoms with van der Waals surface area (Å²) in [6.45, 7) is 3.69. The minimum Gasteiger partial charge on any atom is -0.349 e. The largest absolute Gasteiger partial charge is 0.349 e.